The van der Waals surface area contributed by atoms with Gasteiger partial charge in [0.15, 0.2) is 0 Å². The first-order chi connectivity index (χ1) is 21.5. The first-order valence-corrected chi connectivity index (χ1v) is 14.6. The molecule has 0 aliphatic rings. The maximum Gasteiger partial charge on any atom is 0.335 e. The van der Waals surface area contributed by atoms with Gasteiger partial charge < -0.3 is 10.2 Å². The van der Waals surface area contributed by atoms with Crippen LogP contribution >= 0.6 is 0 Å². The Kier molecular flexibility index (Phi) is 5.06. The molecule has 0 spiro atoms. The number of phenols is 1. The van der Waals surface area contributed by atoms with Crippen molar-refractivity contribution >= 4 is 81.4 Å². The number of carboxylic acids is 1. The molecule has 0 fully saturated rings. The Morgan fingerprint density at radius 1 is 0.386 bits per heavy atom. The summed E-state index contributed by atoms with van der Waals surface area (Å²) in [7, 11) is 0. The van der Waals surface area contributed by atoms with Gasteiger partial charge in [0.2, 0.25) is 0 Å². The van der Waals surface area contributed by atoms with E-state index in [1.165, 1.54) is 66.0 Å². The largest absolute Gasteiger partial charge is 0.507 e. The number of aromatic carboxylic acids is 1. The molecule has 0 heterocycles. The molecular formula is C41H24O3. The second-order valence-electron chi connectivity index (χ2n) is 11.7. The van der Waals surface area contributed by atoms with Crippen molar-refractivity contribution in [2.75, 3.05) is 0 Å². The number of rotatable bonds is 2. The SMILES string of the molecule is O=C(O)c1ccc(O)c(-c2cccc3cc4cc5ccc6cc7cc8cc9ccccc9cc8cc7cc6c5cc4cc23)c1. The zero-order valence-corrected chi connectivity index (χ0v) is 23.5. The average molecular weight is 565 g/mol. The molecule has 9 aromatic carbocycles. The molecule has 44 heavy (non-hydrogen) atoms. The number of phenolic OH excluding ortho intramolecular Hbond substituents is 1. The minimum atomic E-state index is -1.02. The minimum Gasteiger partial charge on any atom is -0.507 e. The topological polar surface area (TPSA) is 57.5 Å². The number of hydrogen-bond donors (Lipinski definition) is 2. The van der Waals surface area contributed by atoms with E-state index >= 15 is 0 Å². The molecule has 3 nitrogen and oxygen atoms in total. The van der Waals surface area contributed by atoms with Crippen molar-refractivity contribution < 1.29 is 15.0 Å². The van der Waals surface area contributed by atoms with E-state index in [1.54, 1.807) is 6.07 Å². The number of carbonyl (C=O) groups is 1. The number of benzene rings is 9. The smallest absolute Gasteiger partial charge is 0.335 e. The molecular weight excluding hydrogens is 540 g/mol. The third-order valence-corrected chi connectivity index (χ3v) is 9.10. The van der Waals surface area contributed by atoms with E-state index in [0.29, 0.717) is 5.56 Å². The maximum absolute atomic E-state index is 11.7. The number of hydrogen-bond acceptors (Lipinski definition) is 2. The van der Waals surface area contributed by atoms with Gasteiger partial charge in [-0.15, -0.1) is 0 Å². The predicted octanol–water partition coefficient (Wildman–Crippen LogP) is 10.8. The van der Waals surface area contributed by atoms with Gasteiger partial charge >= 0.3 is 5.97 Å². The van der Waals surface area contributed by atoms with Crippen LogP contribution in [0.3, 0.4) is 0 Å². The van der Waals surface area contributed by atoms with Crippen molar-refractivity contribution in [3.8, 4) is 16.9 Å². The van der Waals surface area contributed by atoms with Crippen molar-refractivity contribution in [3.05, 3.63) is 139 Å². The van der Waals surface area contributed by atoms with Gasteiger partial charge in [0.25, 0.3) is 0 Å². The summed E-state index contributed by atoms with van der Waals surface area (Å²) in [5.74, 6) is -0.969. The summed E-state index contributed by atoms with van der Waals surface area (Å²) in [6.07, 6.45) is 0. The monoisotopic (exact) mass is 564 g/mol. The number of aromatic hydroxyl groups is 1. The number of fused-ring (bicyclic) bond motifs is 8. The van der Waals surface area contributed by atoms with E-state index in [2.05, 4.69) is 103 Å². The van der Waals surface area contributed by atoms with Gasteiger partial charge in [-0.2, -0.15) is 0 Å². The fourth-order valence-corrected chi connectivity index (χ4v) is 6.90. The third-order valence-electron chi connectivity index (χ3n) is 9.10. The molecule has 9 aromatic rings. The van der Waals surface area contributed by atoms with Crippen molar-refractivity contribution in [1.82, 2.24) is 0 Å². The fraction of sp³-hybridized carbons (Fsp3) is 0. The molecule has 206 valence electrons. The molecule has 0 saturated carbocycles. The third kappa shape index (κ3) is 3.73. The minimum absolute atomic E-state index is 0.0551. The van der Waals surface area contributed by atoms with Crippen molar-refractivity contribution in [2.24, 2.45) is 0 Å². The first kappa shape index (κ1) is 24.6. The molecule has 0 aliphatic heterocycles. The van der Waals surface area contributed by atoms with Gasteiger partial charge in [-0.1, -0.05) is 54.6 Å². The summed E-state index contributed by atoms with van der Waals surface area (Å²) in [6.45, 7) is 0. The Hall–Kier alpha value is -5.93. The highest BCUT2D eigenvalue weighted by Crippen LogP contribution is 2.39. The standard InChI is InChI=1S/C41H24O3/c42-40-11-10-28(41(43)44)19-39(40)35-7-3-6-25-14-31-15-26-8-9-27-16-32-17-29-12-23-4-1-2-5-24(23)13-30(29)18-33(32)20-37(27)38(26)22-34(31)21-36(25)35/h1-22,42H,(H,43,44). The summed E-state index contributed by atoms with van der Waals surface area (Å²) in [5, 5.41) is 36.6. The molecule has 0 bridgehead atoms. The van der Waals surface area contributed by atoms with Gasteiger partial charge in [-0.3, -0.25) is 0 Å². The Morgan fingerprint density at radius 3 is 1.43 bits per heavy atom. The summed E-state index contributed by atoms with van der Waals surface area (Å²) in [5.41, 5.74) is 1.45. The highest BCUT2D eigenvalue weighted by molar-refractivity contribution is 6.18. The lowest BCUT2D eigenvalue weighted by atomic mass is 9.91. The van der Waals surface area contributed by atoms with Crippen molar-refractivity contribution in [3.63, 3.8) is 0 Å². The van der Waals surface area contributed by atoms with E-state index in [-0.39, 0.29) is 11.3 Å². The Morgan fingerprint density at radius 2 is 0.841 bits per heavy atom. The van der Waals surface area contributed by atoms with Gasteiger partial charge in [-0.05, 0) is 160 Å². The van der Waals surface area contributed by atoms with Crippen LogP contribution in [0.25, 0.3) is 86.5 Å². The molecule has 9 rings (SSSR count). The summed E-state index contributed by atoms with van der Waals surface area (Å²) in [6, 6.07) is 45.9. The zero-order chi connectivity index (χ0) is 29.5. The van der Waals surface area contributed by atoms with Crippen LogP contribution in [0, 0.1) is 0 Å². The van der Waals surface area contributed by atoms with E-state index in [4.69, 9.17) is 0 Å². The Balaban J connectivity index is 1.28. The first-order valence-electron chi connectivity index (χ1n) is 14.6. The second kappa shape index (κ2) is 9.03. The summed E-state index contributed by atoms with van der Waals surface area (Å²) in [4.78, 5) is 11.7. The van der Waals surface area contributed by atoms with Crippen molar-refractivity contribution in [2.45, 2.75) is 0 Å². The van der Waals surface area contributed by atoms with Crippen LogP contribution in [-0.4, -0.2) is 16.2 Å². The summed E-state index contributed by atoms with van der Waals surface area (Å²) >= 11 is 0. The van der Waals surface area contributed by atoms with Crippen LogP contribution in [-0.2, 0) is 0 Å². The van der Waals surface area contributed by atoms with E-state index in [1.807, 2.05) is 12.1 Å². The molecule has 3 heteroatoms. The van der Waals surface area contributed by atoms with Gasteiger partial charge in [0.05, 0.1) is 5.56 Å². The molecule has 0 aromatic heterocycles. The molecule has 0 atom stereocenters. The maximum atomic E-state index is 11.7. The predicted molar refractivity (Wildman–Crippen MR) is 183 cm³/mol. The van der Waals surface area contributed by atoms with Crippen LogP contribution in [0.2, 0.25) is 0 Å². The van der Waals surface area contributed by atoms with Crippen molar-refractivity contribution in [1.29, 1.82) is 0 Å². The Labute approximate surface area is 251 Å². The highest BCUT2D eigenvalue weighted by Gasteiger charge is 2.14. The molecule has 0 aliphatic carbocycles. The fourth-order valence-electron chi connectivity index (χ4n) is 6.90. The van der Waals surface area contributed by atoms with Gasteiger partial charge in [0, 0.05) is 5.56 Å². The lowest BCUT2D eigenvalue weighted by Gasteiger charge is -2.13. The molecule has 0 radical (unpaired) electrons. The van der Waals surface area contributed by atoms with Crippen LogP contribution in [0.5, 0.6) is 5.75 Å². The van der Waals surface area contributed by atoms with Crippen LogP contribution in [0.4, 0.5) is 0 Å². The lowest BCUT2D eigenvalue weighted by molar-refractivity contribution is 0.0697. The molecule has 0 saturated heterocycles. The normalized spacial score (nSPS) is 11.9. The van der Waals surface area contributed by atoms with E-state index < -0.39 is 5.97 Å². The highest BCUT2D eigenvalue weighted by atomic mass is 16.4. The van der Waals surface area contributed by atoms with Crippen LogP contribution < -0.4 is 0 Å². The molecule has 0 amide bonds. The zero-order valence-electron chi connectivity index (χ0n) is 23.5. The van der Waals surface area contributed by atoms with Gasteiger partial charge in [-0.25, -0.2) is 4.79 Å². The Bertz CT molecular complexity index is 2700. The molecule has 2 N–H and O–H groups in total. The number of carboxylic acid groups (broad SMARTS) is 1. The van der Waals surface area contributed by atoms with Gasteiger partial charge in [0.1, 0.15) is 5.75 Å². The lowest BCUT2D eigenvalue weighted by Crippen LogP contribution is -1.96. The van der Waals surface area contributed by atoms with E-state index in [9.17, 15) is 15.0 Å². The van der Waals surface area contributed by atoms with E-state index in [0.717, 1.165) is 27.1 Å². The van der Waals surface area contributed by atoms with Crippen LogP contribution in [0.1, 0.15) is 10.4 Å². The average Bonchev–Trinajstić information content (AvgIpc) is 3.03. The van der Waals surface area contributed by atoms with Crippen LogP contribution in [0.15, 0.2) is 133 Å². The molecule has 0 unspecified atom stereocenters. The summed E-state index contributed by atoms with van der Waals surface area (Å²) < 4.78 is 0. The quantitative estimate of drug-likeness (QED) is 0.162. The second-order valence-corrected chi connectivity index (χ2v) is 11.7.